The summed E-state index contributed by atoms with van der Waals surface area (Å²) in [5.41, 5.74) is 3.96. The number of anilines is 2. The lowest BCUT2D eigenvalue weighted by atomic mass is 9.72. The highest BCUT2D eigenvalue weighted by atomic mass is 35.5. The topological polar surface area (TPSA) is 67.2 Å². The van der Waals surface area contributed by atoms with Crippen LogP contribution in [0.4, 0.5) is 11.5 Å². The number of halogens is 1. The van der Waals surface area contributed by atoms with Gasteiger partial charge in [0.1, 0.15) is 11.2 Å². The van der Waals surface area contributed by atoms with Gasteiger partial charge in [-0.15, -0.1) is 6.58 Å². The van der Waals surface area contributed by atoms with E-state index in [4.69, 9.17) is 11.6 Å². The van der Waals surface area contributed by atoms with Gasteiger partial charge >= 0.3 is 0 Å². The van der Waals surface area contributed by atoms with Gasteiger partial charge in [-0.05, 0) is 48.7 Å². The van der Waals surface area contributed by atoms with E-state index in [1.807, 2.05) is 44.2 Å². The summed E-state index contributed by atoms with van der Waals surface area (Å²) in [5, 5.41) is 7.98. The molecule has 2 aliphatic rings. The third kappa shape index (κ3) is 2.61. The van der Waals surface area contributed by atoms with E-state index in [1.54, 1.807) is 27.9 Å². The summed E-state index contributed by atoms with van der Waals surface area (Å²) >= 11 is 6.52. The third-order valence-electron chi connectivity index (χ3n) is 6.29. The molecular formula is C24H21ClN4O2. The Morgan fingerprint density at radius 1 is 1.19 bits per heavy atom. The minimum atomic E-state index is -1.17. The number of para-hydroxylation sites is 1. The number of nitrogens with zero attached hydrogens (tertiary/aromatic N) is 3. The Bertz CT molecular complexity index is 1280. The zero-order chi connectivity index (χ0) is 21.9. The van der Waals surface area contributed by atoms with Crippen LogP contribution in [-0.4, -0.2) is 28.1 Å². The molecule has 156 valence electrons. The molecule has 0 unspecified atom stereocenters. The SMILES string of the molecule is C=CCN1C(=O)[C@@]2(CC(=O)Nc3c2cnn3-c2ccc(C)c(C)c2)c2cccc(Cl)c21. The zero-order valence-corrected chi connectivity index (χ0v) is 18.0. The Kier molecular flexibility index (Phi) is 4.31. The van der Waals surface area contributed by atoms with Gasteiger partial charge in [0.15, 0.2) is 0 Å². The molecule has 7 heteroatoms. The van der Waals surface area contributed by atoms with Gasteiger partial charge < -0.3 is 10.2 Å². The van der Waals surface area contributed by atoms with E-state index < -0.39 is 5.41 Å². The summed E-state index contributed by atoms with van der Waals surface area (Å²) < 4.78 is 1.69. The van der Waals surface area contributed by atoms with Crippen molar-refractivity contribution < 1.29 is 9.59 Å². The number of carbonyl (C=O) groups excluding carboxylic acids is 2. The molecule has 1 N–H and O–H groups in total. The molecule has 0 bridgehead atoms. The van der Waals surface area contributed by atoms with Crippen LogP contribution in [0.3, 0.4) is 0 Å². The fraction of sp³-hybridized carbons (Fsp3) is 0.208. The molecule has 0 saturated heterocycles. The molecule has 1 spiro atoms. The van der Waals surface area contributed by atoms with Crippen LogP contribution in [0.25, 0.3) is 5.69 Å². The van der Waals surface area contributed by atoms with E-state index in [-0.39, 0.29) is 18.2 Å². The lowest BCUT2D eigenvalue weighted by Gasteiger charge is -2.32. The molecule has 2 amide bonds. The molecule has 1 aromatic heterocycles. The maximum Gasteiger partial charge on any atom is 0.243 e. The number of hydrogen-bond donors (Lipinski definition) is 1. The van der Waals surface area contributed by atoms with Gasteiger partial charge in [-0.25, -0.2) is 4.68 Å². The molecule has 31 heavy (non-hydrogen) atoms. The number of benzene rings is 2. The maximum absolute atomic E-state index is 13.8. The second-order valence-electron chi connectivity index (χ2n) is 8.06. The predicted molar refractivity (Wildman–Crippen MR) is 121 cm³/mol. The monoisotopic (exact) mass is 432 g/mol. The van der Waals surface area contributed by atoms with Gasteiger partial charge in [-0.1, -0.05) is 35.9 Å². The highest BCUT2D eigenvalue weighted by Crippen LogP contribution is 2.54. The first-order chi connectivity index (χ1) is 14.9. The van der Waals surface area contributed by atoms with Gasteiger partial charge in [-0.2, -0.15) is 5.10 Å². The molecule has 1 atom stereocenters. The van der Waals surface area contributed by atoms with Crippen LogP contribution in [0, 0.1) is 13.8 Å². The Hall–Kier alpha value is -3.38. The largest absolute Gasteiger partial charge is 0.310 e. The number of aromatic nitrogens is 2. The number of rotatable bonds is 3. The summed E-state index contributed by atoms with van der Waals surface area (Å²) in [7, 11) is 0. The van der Waals surface area contributed by atoms with Crippen molar-refractivity contribution in [2.45, 2.75) is 25.7 Å². The van der Waals surface area contributed by atoms with Gasteiger partial charge in [0.2, 0.25) is 11.8 Å². The first kappa shape index (κ1) is 19.6. The molecule has 2 aliphatic heterocycles. The summed E-state index contributed by atoms with van der Waals surface area (Å²) in [6.45, 7) is 8.16. The number of fused-ring (bicyclic) bond motifs is 4. The summed E-state index contributed by atoms with van der Waals surface area (Å²) in [5.74, 6) is 0.0864. The fourth-order valence-electron chi connectivity index (χ4n) is 4.66. The van der Waals surface area contributed by atoms with Crippen LogP contribution < -0.4 is 10.2 Å². The number of hydrogen-bond acceptors (Lipinski definition) is 3. The first-order valence-electron chi connectivity index (χ1n) is 10.1. The average molecular weight is 433 g/mol. The van der Waals surface area contributed by atoms with E-state index in [2.05, 4.69) is 17.0 Å². The molecule has 2 aromatic carbocycles. The van der Waals surface area contributed by atoms with Gasteiger partial charge in [0.05, 0.1) is 22.6 Å². The Morgan fingerprint density at radius 3 is 2.74 bits per heavy atom. The molecule has 0 saturated carbocycles. The normalized spacial score (nSPS) is 19.4. The zero-order valence-electron chi connectivity index (χ0n) is 17.3. The molecule has 6 nitrogen and oxygen atoms in total. The van der Waals surface area contributed by atoms with Crippen molar-refractivity contribution in [3.8, 4) is 5.69 Å². The van der Waals surface area contributed by atoms with Crippen molar-refractivity contribution in [3.63, 3.8) is 0 Å². The summed E-state index contributed by atoms with van der Waals surface area (Å²) in [6, 6.07) is 11.4. The molecule has 0 fully saturated rings. The standard InChI is InChI=1S/C24H21ClN4O2/c1-4-10-28-21-17(6-5-7-19(21)25)24(23(28)31)12-20(30)27-22-18(24)13-26-29(22)16-9-8-14(2)15(3)11-16/h4-9,11,13H,1,10,12H2,2-3H3,(H,27,30)/t24-/m0/s1. The van der Waals surface area contributed by atoms with Crippen molar-refractivity contribution in [1.29, 1.82) is 0 Å². The van der Waals surface area contributed by atoms with Crippen molar-refractivity contribution in [2.75, 3.05) is 16.8 Å². The van der Waals surface area contributed by atoms with Crippen LogP contribution in [0.15, 0.2) is 55.3 Å². The van der Waals surface area contributed by atoms with Gasteiger partial charge in [-0.3, -0.25) is 9.59 Å². The first-order valence-corrected chi connectivity index (χ1v) is 10.4. The third-order valence-corrected chi connectivity index (χ3v) is 6.59. The summed E-state index contributed by atoms with van der Waals surface area (Å²) in [6.07, 6.45) is 3.34. The number of aryl methyl sites for hydroxylation is 2. The Balaban J connectivity index is 1.77. The maximum atomic E-state index is 13.8. The van der Waals surface area contributed by atoms with E-state index in [1.165, 1.54) is 5.56 Å². The van der Waals surface area contributed by atoms with E-state index in [9.17, 15) is 9.59 Å². The van der Waals surface area contributed by atoms with Crippen molar-refractivity contribution >= 4 is 34.9 Å². The number of amides is 2. The molecule has 0 aliphatic carbocycles. The van der Waals surface area contributed by atoms with Crippen LogP contribution in [0.5, 0.6) is 0 Å². The molecule has 3 aromatic rings. The van der Waals surface area contributed by atoms with E-state index >= 15 is 0 Å². The van der Waals surface area contributed by atoms with Crippen LogP contribution in [0.2, 0.25) is 5.02 Å². The lowest BCUT2D eigenvalue weighted by Crippen LogP contribution is -2.46. The molecule has 0 radical (unpaired) electrons. The minimum absolute atomic E-state index is 0.00155. The number of nitrogens with one attached hydrogen (secondary N) is 1. The number of carbonyl (C=O) groups is 2. The van der Waals surface area contributed by atoms with E-state index in [0.29, 0.717) is 28.6 Å². The molecule has 3 heterocycles. The quantitative estimate of drug-likeness (QED) is 0.627. The second kappa shape index (κ2) is 6.82. The molecular weight excluding hydrogens is 412 g/mol. The average Bonchev–Trinajstić information content (AvgIpc) is 3.25. The van der Waals surface area contributed by atoms with E-state index in [0.717, 1.165) is 16.8 Å². The van der Waals surface area contributed by atoms with Crippen molar-refractivity contribution in [1.82, 2.24) is 9.78 Å². The lowest BCUT2D eigenvalue weighted by molar-refractivity contribution is -0.126. The van der Waals surface area contributed by atoms with Gasteiger partial charge in [0.25, 0.3) is 0 Å². The smallest absolute Gasteiger partial charge is 0.243 e. The summed E-state index contributed by atoms with van der Waals surface area (Å²) in [4.78, 5) is 28.4. The minimum Gasteiger partial charge on any atom is -0.310 e. The molecule has 5 rings (SSSR count). The van der Waals surface area contributed by atoms with Crippen LogP contribution >= 0.6 is 11.6 Å². The fourth-order valence-corrected chi connectivity index (χ4v) is 4.94. The highest BCUT2D eigenvalue weighted by Gasteiger charge is 2.57. The van der Waals surface area contributed by atoms with Crippen molar-refractivity contribution in [2.24, 2.45) is 0 Å². The Labute approximate surface area is 185 Å². The van der Waals surface area contributed by atoms with Crippen molar-refractivity contribution in [3.05, 3.63) is 82.5 Å². The van der Waals surface area contributed by atoms with Crippen LogP contribution in [0.1, 0.15) is 28.7 Å². The predicted octanol–water partition coefficient (Wildman–Crippen LogP) is 4.30. The Morgan fingerprint density at radius 2 is 2.00 bits per heavy atom. The van der Waals surface area contributed by atoms with Crippen LogP contribution in [-0.2, 0) is 15.0 Å². The second-order valence-corrected chi connectivity index (χ2v) is 8.47. The highest BCUT2D eigenvalue weighted by molar-refractivity contribution is 6.35. The van der Waals surface area contributed by atoms with Gasteiger partial charge in [0, 0.05) is 18.5 Å².